The molecule has 30 heavy (non-hydrogen) atoms. The zero-order chi connectivity index (χ0) is 21.7. The molecule has 0 atom stereocenters. The molecule has 0 fully saturated rings. The van der Waals surface area contributed by atoms with Crippen molar-refractivity contribution in [2.24, 2.45) is 0 Å². The number of aromatic nitrogens is 1. The van der Waals surface area contributed by atoms with Gasteiger partial charge in [-0.3, -0.25) is 4.79 Å². The molecule has 0 unspecified atom stereocenters. The van der Waals surface area contributed by atoms with Crippen LogP contribution in [0.3, 0.4) is 0 Å². The molecule has 158 valence electrons. The van der Waals surface area contributed by atoms with E-state index in [9.17, 15) is 4.79 Å². The van der Waals surface area contributed by atoms with Gasteiger partial charge in [0.05, 0.1) is 10.7 Å². The molecule has 0 aliphatic rings. The normalized spacial score (nSPS) is 11.4. The Morgan fingerprint density at radius 1 is 1.10 bits per heavy atom. The monoisotopic (exact) mass is 422 g/mol. The van der Waals surface area contributed by atoms with Gasteiger partial charge in [0.2, 0.25) is 0 Å². The van der Waals surface area contributed by atoms with E-state index in [4.69, 9.17) is 4.74 Å². The molecule has 3 rings (SSSR count). The summed E-state index contributed by atoms with van der Waals surface area (Å²) in [7, 11) is 0. The molecule has 0 saturated heterocycles. The third-order valence-corrected chi connectivity index (χ3v) is 5.68. The van der Waals surface area contributed by atoms with Gasteiger partial charge in [-0.05, 0) is 42.9 Å². The lowest BCUT2D eigenvalue weighted by Crippen LogP contribution is -2.31. The fourth-order valence-electron chi connectivity index (χ4n) is 3.23. The van der Waals surface area contributed by atoms with Gasteiger partial charge in [0.15, 0.2) is 6.61 Å². The molecule has 1 N–H and O–H groups in total. The number of rotatable bonds is 7. The Hall–Kier alpha value is -2.66. The van der Waals surface area contributed by atoms with Gasteiger partial charge in [-0.25, -0.2) is 4.98 Å². The predicted octanol–water partition coefficient (Wildman–Crippen LogP) is 5.46. The number of benzene rings is 2. The zero-order valence-corrected chi connectivity index (χ0v) is 19.2. The SMILES string of the molecule is Cc1ccc(OCC(=O)NCCc2ccc(-c3csc(C)n3)cc2)c(C(C)(C)C)c1. The molecule has 5 heteroatoms. The number of carbonyl (C=O) groups excluding carboxylic acids is 1. The van der Waals surface area contributed by atoms with E-state index in [1.54, 1.807) is 11.3 Å². The van der Waals surface area contributed by atoms with Crippen molar-refractivity contribution in [2.45, 2.75) is 46.5 Å². The summed E-state index contributed by atoms with van der Waals surface area (Å²) in [5, 5.41) is 6.09. The molecule has 0 saturated carbocycles. The van der Waals surface area contributed by atoms with Crippen LogP contribution < -0.4 is 10.1 Å². The quantitative estimate of drug-likeness (QED) is 0.550. The minimum atomic E-state index is -0.106. The maximum Gasteiger partial charge on any atom is 0.257 e. The largest absolute Gasteiger partial charge is 0.483 e. The van der Waals surface area contributed by atoms with E-state index in [0.717, 1.165) is 34.0 Å². The highest BCUT2D eigenvalue weighted by atomic mass is 32.1. The summed E-state index contributed by atoms with van der Waals surface area (Å²) in [4.78, 5) is 16.7. The summed E-state index contributed by atoms with van der Waals surface area (Å²) in [5.74, 6) is 0.668. The highest BCUT2D eigenvalue weighted by molar-refractivity contribution is 7.09. The fraction of sp³-hybridized carbons (Fsp3) is 0.360. The lowest BCUT2D eigenvalue weighted by atomic mass is 9.85. The molecule has 3 aromatic rings. The number of amides is 1. The van der Waals surface area contributed by atoms with Crippen LogP contribution in [0.5, 0.6) is 5.75 Å². The lowest BCUT2D eigenvalue weighted by molar-refractivity contribution is -0.123. The Labute approximate surface area is 183 Å². The van der Waals surface area contributed by atoms with Crippen LogP contribution in [0.1, 0.15) is 42.5 Å². The standard InChI is InChI=1S/C25H30N2O2S/c1-17-6-11-23(21(14-17)25(3,4)5)29-15-24(28)26-13-12-19-7-9-20(10-8-19)22-16-30-18(2)27-22/h6-11,14,16H,12-13,15H2,1-5H3,(H,26,28). The van der Waals surface area contributed by atoms with Gasteiger partial charge in [0, 0.05) is 17.5 Å². The molecule has 0 spiro atoms. The van der Waals surface area contributed by atoms with Crippen molar-refractivity contribution < 1.29 is 9.53 Å². The summed E-state index contributed by atoms with van der Waals surface area (Å²) >= 11 is 1.66. The van der Waals surface area contributed by atoms with Crippen molar-refractivity contribution in [1.82, 2.24) is 10.3 Å². The second-order valence-electron chi connectivity index (χ2n) is 8.59. The number of thiazole rings is 1. The Kier molecular flexibility index (Phi) is 6.93. The van der Waals surface area contributed by atoms with Crippen molar-refractivity contribution in [3.8, 4) is 17.0 Å². The molecule has 2 aromatic carbocycles. The van der Waals surface area contributed by atoms with Crippen LogP contribution in [0.4, 0.5) is 0 Å². The molecular formula is C25H30N2O2S. The van der Waals surface area contributed by atoms with Crippen molar-refractivity contribution in [1.29, 1.82) is 0 Å². The number of ether oxygens (including phenoxy) is 1. The van der Waals surface area contributed by atoms with Gasteiger partial charge >= 0.3 is 0 Å². The predicted molar refractivity (Wildman–Crippen MR) is 124 cm³/mol. The number of nitrogens with zero attached hydrogens (tertiary/aromatic N) is 1. The number of carbonyl (C=O) groups is 1. The molecule has 4 nitrogen and oxygen atoms in total. The third kappa shape index (κ3) is 5.92. The maximum atomic E-state index is 12.2. The van der Waals surface area contributed by atoms with E-state index in [0.29, 0.717) is 6.54 Å². The molecular weight excluding hydrogens is 392 g/mol. The second-order valence-corrected chi connectivity index (χ2v) is 9.65. The Balaban J connectivity index is 1.48. The minimum absolute atomic E-state index is 0.0221. The number of aryl methyl sites for hydroxylation is 2. The van der Waals surface area contributed by atoms with Gasteiger partial charge in [0.1, 0.15) is 5.75 Å². The summed E-state index contributed by atoms with van der Waals surface area (Å²) < 4.78 is 5.83. The van der Waals surface area contributed by atoms with Crippen molar-refractivity contribution in [3.05, 3.63) is 69.5 Å². The first-order valence-electron chi connectivity index (χ1n) is 10.2. The lowest BCUT2D eigenvalue weighted by Gasteiger charge is -2.23. The molecule has 0 aliphatic heterocycles. The van der Waals surface area contributed by atoms with Crippen LogP contribution in [0, 0.1) is 13.8 Å². The van der Waals surface area contributed by atoms with Crippen LogP contribution in [0.15, 0.2) is 47.8 Å². The molecule has 1 amide bonds. The molecule has 0 radical (unpaired) electrons. The Morgan fingerprint density at radius 3 is 2.47 bits per heavy atom. The topological polar surface area (TPSA) is 51.2 Å². The molecule has 0 bridgehead atoms. The van der Waals surface area contributed by atoms with Gasteiger partial charge < -0.3 is 10.1 Å². The van der Waals surface area contributed by atoms with Gasteiger partial charge in [-0.15, -0.1) is 11.3 Å². The summed E-state index contributed by atoms with van der Waals surface area (Å²) in [5.41, 5.74) is 5.58. The zero-order valence-electron chi connectivity index (χ0n) is 18.4. The molecule has 1 aromatic heterocycles. The number of hydrogen-bond acceptors (Lipinski definition) is 4. The van der Waals surface area contributed by atoms with Crippen molar-refractivity contribution in [3.63, 3.8) is 0 Å². The van der Waals surface area contributed by atoms with E-state index < -0.39 is 0 Å². The molecule has 0 aliphatic carbocycles. The van der Waals surface area contributed by atoms with Crippen molar-refractivity contribution >= 4 is 17.2 Å². The first-order chi connectivity index (χ1) is 14.2. The minimum Gasteiger partial charge on any atom is -0.483 e. The van der Waals surface area contributed by atoms with Gasteiger partial charge in [-0.1, -0.05) is 62.7 Å². The average molecular weight is 423 g/mol. The van der Waals surface area contributed by atoms with Crippen LogP contribution in [0.2, 0.25) is 0 Å². The Morgan fingerprint density at radius 2 is 1.83 bits per heavy atom. The first kappa shape index (κ1) is 22.0. The van der Waals surface area contributed by atoms with Crippen LogP contribution in [-0.4, -0.2) is 24.0 Å². The van der Waals surface area contributed by atoms with Gasteiger partial charge in [0.25, 0.3) is 5.91 Å². The van der Waals surface area contributed by atoms with E-state index in [1.165, 1.54) is 11.1 Å². The summed E-state index contributed by atoms with van der Waals surface area (Å²) in [6.07, 6.45) is 0.778. The molecule has 1 heterocycles. The van der Waals surface area contributed by atoms with E-state index in [2.05, 4.69) is 73.7 Å². The maximum absolute atomic E-state index is 12.2. The average Bonchev–Trinajstić information content (AvgIpc) is 3.13. The number of nitrogens with one attached hydrogen (secondary N) is 1. The fourth-order valence-corrected chi connectivity index (χ4v) is 3.86. The van der Waals surface area contributed by atoms with Crippen LogP contribution in [-0.2, 0) is 16.6 Å². The van der Waals surface area contributed by atoms with Crippen molar-refractivity contribution in [2.75, 3.05) is 13.2 Å². The first-order valence-corrected chi connectivity index (χ1v) is 11.1. The van der Waals surface area contributed by atoms with E-state index in [-0.39, 0.29) is 17.9 Å². The van der Waals surface area contributed by atoms with Crippen LogP contribution >= 0.6 is 11.3 Å². The Bertz CT molecular complexity index is 1000. The third-order valence-electron chi connectivity index (χ3n) is 4.91. The number of hydrogen-bond donors (Lipinski definition) is 1. The highest BCUT2D eigenvalue weighted by Crippen LogP contribution is 2.32. The van der Waals surface area contributed by atoms with Crippen LogP contribution in [0.25, 0.3) is 11.3 Å². The van der Waals surface area contributed by atoms with E-state index in [1.807, 2.05) is 19.1 Å². The van der Waals surface area contributed by atoms with Gasteiger partial charge in [-0.2, -0.15) is 0 Å². The second kappa shape index (κ2) is 9.43. The summed E-state index contributed by atoms with van der Waals surface area (Å²) in [6, 6.07) is 14.4. The highest BCUT2D eigenvalue weighted by Gasteiger charge is 2.19. The smallest absolute Gasteiger partial charge is 0.257 e. The summed E-state index contributed by atoms with van der Waals surface area (Å²) in [6.45, 7) is 11.1. The van der Waals surface area contributed by atoms with E-state index >= 15 is 0 Å².